The second-order valence-corrected chi connectivity index (χ2v) is 6.74. The molecule has 8 heteroatoms. The van der Waals surface area contributed by atoms with Crippen molar-refractivity contribution >= 4 is 51.6 Å². The SMILES string of the molecule is CSC(CO)C(C)NC(=O)/C=C/c1c(Cl)nc2sccn12. The van der Waals surface area contributed by atoms with Gasteiger partial charge in [0.15, 0.2) is 10.1 Å². The molecule has 2 rings (SSSR count). The molecule has 0 bridgehead atoms. The van der Waals surface area contributed by atoms with Crippen LogP contribution in [0.1, 0.15) is 12.6 Å². The average molecular weight is 346 g/mol. The van der Waals surface area contributed by atoms with Crippen molar-refractivity contribution in [3.63, 3.8) is 0 Å². The lowest BCUT2D eigenvalue weighted by molar-refractivity contribution is -0.117. The Labute approximate surface area is 136 Å². The number of carbonyl (C=O) groups is 1. The van der Waals surface area contributed by atoms with E-state index in [1.54, 1.807) is 6.08 Å². The van der Waals surface area contributed by atoms with Crippen molar-refractivity contribution in [3.05, 3.63) is 28.5 Å². The largest absolute Gasteiger partial charge is 0.395 e. The van der Waals surface area contributed by atoms with Crippen LogP contribution in [0.4, 0.5) is 0 Å². The number of thiazole rings is 1. The molecule has 0 radical (unpaired) electrons. The van der Waals surface area contributed by atoms with Crippen LogP contribution in [-0.2, 0) is 4.79 Å². The first-order chi connectivity index (χ1) is 10.1. The van der Waals surface area contributed by atoms with Gasteiger partial charge in [0.1, 0.15) is 0 Å². The first-order valence-electron chi connectivity index (χ1n) is 6.30. The summed E-state index contributed by atoms with van der Waals surface area (Å²) in [6, 6.07) is -0.121. The van der Waals surface area contributed by atoms with E-state index in [9.17, 15) is 9.90 Å². The highest BCUT2D eigenvalue weighted by Gasteiger charge is 2.16. The third-order valence-corrected chi connectivity index (χ3v) is 5.25. The van der Waals surface area contributed by atoms with Crippen LogP contribution in [0, 0.1) is 0 Å². The number of rotatable bonds is 6. The summed E-state index contributed by atoms with van der Waals surface area (Å²) >= 11 is 9.05. The zero-order valence-electron chi connectivity index (χ0n) is 11.6. The number of aromatic nitrogens is 2. The zero-order chi connectivity index (χ0) is 15.4. The number of hydrogen-bond donors (Lipinski definition) is 2. The monoisotopic (exact) mass is 345 g/mol. The average Bonchev–Trinajstić information content (AvgIpc) is 2.98. The number of thioether (sulfide) groups is 1. The van der Waals surface area contributed by atoms with Gasteiger partial charge in [-0.15, -0.1) is 11.3 Å². The van der Waals surface area contributed by atoms with Gasteiger partial charge in [-0.05, 0) is 19.3 Å². The number of amides is 1. The minimum Gasteiger partial charge on any atom is -0.395 e. The number of nitrogens with one attached hydrogen (secondary N) is 1. The Morgan fingerprint density at radius 2 is 2.48 bits per heavy atom. The minimum absolute atomic E-state index is 0.0236. The second kappa shape index (κ2) is 7.31. The van der Waals surface area contributed by atoms with Gasteiger partial charge in [0.2, 0.25) is 5.91 Å². The molecule has 2 atom stereocenters. The van der Waals surface area contributed by atoms with Crippen LogP contribution in [0.3, 0.4) is 0 Å². The van der Waals surface area contributed by atoms with E-state index in [1.807, 2.05) is 29.2 Å². The van der Waals surface area contributed by atoms with E-state index in [2.05, 4.69) is 10.3 Å². The van der Waals surface area contributed by atoms with Gasteiger partial charge >= 0.3 is 0 Å². The van der Waals surface area contributed by atoms with Crippen molar-refractivity contribution in [2.45, 2.75) is 18.2 Å². The number of carbonyl (C=O) groups excluding carboxylic acids is 1. The number of aliphatic hydroxyl groups excluding tert-OH is 1. The molecule has 0 spiro atoms. The van der Waals surface area contributed by atoms with Crippen LogP contribution >= 0.6 is 34.7 Å². The third kappa shape index (κ3) is 3.79. The summed E-state index contributed by atoms with van der Waals surface area (Å²) in [5, 5.41) is 14.3. The highest BCUT2D eigenvalue weighted by atomic mass is 35.5. The molecule has 2 heterocycles. The van der Waals surface area contributed by atoms with E-state index < -0.39 is 0 Å². The lowest BCUT2D eigenvalue weighted by Gasteiger charge is -2.20. The second-order valence-electron chi connectivity index (χ2n) is 4.43. The molecule has 0 aromatic carbocycles. The molecular formula is C13H16ClN3O2S2. The van der Waals surface area contributed by atoms with Crippen molar-refractivity contribution in [1.82, 2.24) is 14.7 Å². The van der Waals surface area contributed by atoms with Gasteiger partial charge in [0, 0.05) is 28.9 Å². The molecule has 21 heavy (non-hydrogen) atoms. The summed E-state index contributed by atoms with van der Waals surface area (Å²) in [5.41, 5.74) is 0.680. The molecule has 2 unspecified atom stereocenters. The Balaban J connectivity index is 2.05. The number of nitrogens with zero attached hydrogens (tertiary/aromatic N) is 2. The van der Waals surface area contributed by atoms with E-state index >= 15 is 0 Å². The fraction of sp³-hybridized carbons (Fsp3) is 0.385. The van der Waals surface area contributed by atoms with E-state index in [0.717, 1.165) is 4.96 Å². The van der Waals surface area contributed by atoms with Crippen molar-refractivity contribution in [2.75, 3.05) is 12.9 Å². The number of fused-ring (bicyclic) bond motifs is 1. The van der Waals surface area contributed by atoms with E-state index in [0.29, 0.717) is 10.8 Å². The third-order valence-electron chi connectivity index (χ3n) is 3.06. The van der Waals surface area contributed by atoms with Crippen molar-refractivity contribution in [1.29, 1.82) is 0 Å². The van der Waals surface area contributed by atoms with Crippen LogP contribution in [0.5, 0.6) is 0 Å². The van der Waals surface area contributed by atoms with Gasteiger partial charge in [-0.25, -0.2) is 4.98 Å². The Hall–Kier alpha value is -1.02. The van der Waals surface area contributed by atoms with Crippen LogP contribution in [-0.4, -0.2) is 44.6 Å². The molecule has 2 aromatic heterocycles. The molecular weight excluding hydrogens is 330 g/mol. The normalized spacial score (nSPS) is 14.7. The molecule has 0 aliphatic carbocycles. The molecule has 0 fully saturated rings. The van der Waals surface area contributed by atoms with Gasteiger partial charge in [0.05, 0.1) is 12.3 Å². The predicted octanol–water partition coefficient (Wildman–Crippen LogP) is 2.29. The molecule has 114 valence electrons. The number of aliphatic hydroxyl groups is 1. The van der Waals surface area contributed by atoms with E-state index in [4.69, 9.17) is 11.6 Å². The molecule has 0 saturated carbocycles. The number of hydrogen-bond acceptors (Lipinski definition) is 5. The Bertz CT molecular complexity index is 649. The van der Waals surface area contributed by atoms with Gasteiger partial charge in [0.25, 0.3) is 0 Å². The van der Waals surface area contributed by atoms with Crippen LogP contribution in [0.15, 0.2) is 17.7 Å². The summed E-state index contributed by atoms with van der Waals surface area (Å²) in [5.74, 6) is -0.226. The summed E-state index contributed by atoms with van der Waals surface area (Å²) in [6.07, 6.45) is 6.83. The molecule has 5 nitrogen and oxygen atoms in total. The maximum absolute atomic E-state index is 11.9. The molecule has 2 aromatic rings. The molecule has 0 saturated heterocycles. The summed E-state index contributed by atoms with van der Waals surface area (Å²) in [6.45, 7) is 1.89. The lowest BCUT2D eigenvalue weighted by atomic mass is 10.2. The van der Waals surface area contributed by atoms with E-state index in [1.165, 1.54) is 29.2 Å². The maximum atomic E-state index is 11.9. The standard InChI is InChI=1S/C13H16ClN3O2S2/c1-8(10(7-18)20-2)15-11(19)4-3-9-12(14)16-13-17(9)5-6-21-13/h3-6,8,10,18H,7H2,1-2H3,(H,15,19)/b4-3+. The van der Waals surface area contributed by atoms with Gasteiger partial charge in [-0.2, -0.15) is 11.8 Å². The smallest absolute Gasteiger partial charge is 0.244 e. The highest BCUT2D eigenvalue weighted by molar-refractivity contribution is 7.99. The summed E-state index contributed by atoms with van der Waals surface area (Å²) in [4.78, 5) is 16.9. The number of halogens is 1. The van der Waals surface area contributed by atoms with Gasteiger partial charge in [-0.3, -0.25) is 9.20 Å². The van der Waals surface area contributed by atoms with Crippen LogP contribution in [0.2, 0.25) is 5.15 Å². The Morgan fingerprint density at radius 3 is 3.14 bits per heavy atom. The fourth-order valence-corrected chi connectivity index (χ4v) is 3.51. The van der Waals surface area contributed by atoms with Crippen LogP contribution in [0.25, 0.3) is 11.0 Å². The number of imidazole rings is 1. The highest BCUT2D eigenvalue weighted by Crippen LogP contribution is 2.22. The quantitative estimate of drug-likeness (QED) is 0.788. The first kappa shape index (κ1) is 16.4. The molecule has 0 aliphatic heterocycles. The minimum atomic E-state index is -0.226. The van der Waals surface area contributed by atoms with Crippen LogP contribution < -0.4 is 5.32 Å². The maximum Gasteiger partial charge on any atom is 0.244 e. The lowest BCUT2D eigenvalue weighted by Crippen LogP contribution is -2.40. The van der Waals surface area contributed by atoms with Crippen molar-refractivity contribution in [3.8, 4) is 0 Å². The Kier molecular flexibility index (Phi) is 5.69. The van der Waals surface area contributed by atoms with E-state index in [-0.39, 0.29) is 23.8 Å². The summed E-state index contributed by atoms with van der Waals surface area (Å²) in [7, 11) is 0. The zero-order valence-corrected chi connectivity index (χ0v) is 14.0. The van der Waals surface area contributed by atoms with Crippen molar-refractivity contribution < 1.29 is 9.90 Å². The van der Waals surface area contributed by atoms with Crippen molar-refractivity contribution in [2.24, 2.45) is 0 Å². The predicted molar refractivity (Wildman–Crippen MR) is 89.1 cm³/mol. The summed E-state index contributed by atoms with van der Waals surface area (Å²) < 4.78 is 1.83. The molecule has 0 aliphatic rings. The topological polar surface area (TPSA) is 66.6 Å². The van der Waals surface area contributed by atoms with Gasteiger partial charge < -0.3 is 10.4 Å². The molecule has 1 amide bonds. The van der Waals surface area contributed by atoms with Gasteiger partial charge in [-0.1, -0.05) is 11.6 Å². The first-order valence-corrected chi connectivity index (χ1v) is 8.84. The molecule has 2 N–H and O–H groups in total. The Morgan fingerprint density at radius 1 is 1.71 bits per heavy atom. The fourth-order valence-electron chi connectivity index (χ4n) is 1.88.